The number of aryl methyl sites for hydroxylation is 3. The number of alkyl halides is 1. The van der Waals surface area contributed by atoms with Crippen LogP contribution in [-0.2, 0) is 29.5 Å². The highest BCUT2D eigenvalue weighted by Gasteiger charge is 2.32. The molecule has 0 aliphatic heterocycles. The molecule has 0 bridgehead atoms. The predicted molar refractivity (Wildman–Crippen MR) is 127 cm³/mol. The number of hydrogen-bond acceptors (Lipinski definition) is 6. The van der Waals surface area contributed by atoms with Gasteiger partial charge in [0, 0.05) is 11.1 Å². The van der Waals surface area contributed by atoms with E-state index in [1.165, 1.54) is 19.1 Å². The van der Waals surface area contributed by atoms with Gasteiger partial charge in [-0.15, -0.1) is 11.3 Å². The Morgan fingerprint density at radius 2 is 1.97 bits per heavy atom. The third-order valence-electron chi connectivity index (χ3n) is 5.55. The van der Waals surface area contributed by atoms with Crippen LogP contribution >= 0.6 is 11.3 Å². The first-order chi connectivity index (χ1) is 16.2. The van der Waals surface area contributed by atoms with Crippen LogP contribution in [0.3, 0.4) is 0 Å². The minimum Gasteiger partial charge on any atom is -0.487 e. The summed E-state index contributed by atoms with van der Waals surface area (Å²) in [5.41, 5.74) is 3.22. The number of carbonyl (C=O) groups is 1. The van der Waals surface area contributed by atoms with Crippen molar-refractivity contribution in [2.24, 2.45) is 0 Å². The molecule has 0 radical (unpaired) electrons. The Balaban J connectivity index is 1.75. The average molecular weight is 507 g/mol. The molecule has 0 unspecified atom stereocenters. The minimum atomic E-state index is -4.15. The maximum absolute atomic E-state index is 14.2. The molecule has 34 heavy (non-hydrogen) atoms. The lowest BCUT2D eigenvalue weighted by Crippen LogP contribution is -2.36. The van der Waals surface area contributed by atoms with E-state index in [0.29, 0.717) is 17.5 Å². The Morgan fingerprint density at radius 1 is 1.24 bits per heavy atom. The molecular formula is C24H24F2N2O4S2. The molecule has 0 N–H and O–H groups in total. The van der Waals surface area contributed by atoms with Crippen molar-refractivity contribution in [1.29, 1.82) is 0 Å². The summed E-state index contributed by atoms with van der Waals surface area (Å²) in [6, 6.07) is 7.65. The van der Waals surface area contributed by atoms with Crippen LogP contribution < -0.4 is 9.04 Å². The number of fused-ring (bicyclic) bond motifs is 1. The molecule has 0 amide bonds. The van der Waals surface area contributed by atoms with E-state index in [9.17, 15) is 22.0 Å². The summed E-state index contributed by atoms with van der Waals surface area (Å²) in [6.07, 6.45) is 1.53. The van der Waals surface area contributed by atoms with Gasteiger partial charge in [0.2, 0.25) is 4.34 Å². The summed E-state index contributed by atoms with van der Waals surface area (Å²) >= 11 is 0.979. The number of nitrogens with zero attached hydrogens (tertiary/aromatic N) is 2. The Hall–Kier alpha value is -2.85. The van der Waals surface area contributed by atoms with Crippen LogP contribution in [0.4, 0.5) is 14.5 Å². The van der Waals surface area contributed by atoms with Gasteiger partial charge >= 0.3 is 0 Å². The van der Waals surface area contributed by atoms with Gasteiger partial charge in [0.25, 0.3) is 10.0 Å². The summed E-state index contributed by atoms with van der Waals surface area (Å²) in [7, 11) is -4.15. The second-order valence-electron chi connectivity index (χ2n) is 8.28. The van der Waals surface area contributed by atoms with E-state index in [4.69, 9.17) is 4.74 Å². The smallest absolute Gasteiger partial charge is 0.291 e. The molecule has 1 heterocycles. The molecule has 1 atom stereocenters. The third kappa shape index (κ3) is 4.97. The summed E-state index contributed by atoms with van der Waals surface area (Å²) in [5.74, 6) is -0.405. The monoisotopic (exact) mass is 506 g/mol. The van der Waals surface area contributed by atoms with E-state index in [0.717, 1.165) is 46.0 Å². The van der Waals surface area contributed by atoms with Crippen LogP contribution in [0.25, 0.3) is 0 Å². The van der Waals surface area contributed by atoms with Crippen LogP contribution in [0.2, 0.25) is 0 Å². The second-order valence-corrected chi connectivity index (χ2v) is 11.2. The zero-order chi connectivity index (χ0) is 24.5. The van der Waals surface area contributed by atoms with E-state index >= 15 is 0 Å². The Morgan fingerprint density at radius 3 is 2.59 bits per heavy atom. The number of sulfonamides is 1. The number of rotatable bonds is 9. The molecule has 0 saturated carbocycles. The lowest BCUT2D eigenvalue weighted by Gasteiger charge is -2.27. The molecule has 0 spiro atoms. The van der Waals surface area contributed by atoms with Crippen molar-refractivity contribution in [3.8, 4) is 5.75 Å². The highest BCUT2D eigenvalue weighted by Crippen LogP contribution is 2.39. The molecule has 1 aliphatic rings. The van der Waals surface area contributed by atoms with Crippen LogP contribution in [0, 0.1) is 12.7 Å². The molecular weight excluding hydrogens is 482 g/mol. The molecule has 1 aliphatic carbocycles. The van der Waals surface area contributed by atoms with E-state index in [1.54, 1.807) is 30.5 Å². The summed E-state index contributed by atoms with van der Waals surface area (Å²) < 4.78 is 62.1. The van der Waals surface area contributed by atoms with Crippen LogP contribution in [-0.4, -0.2) is 32.4 Å². The number of thiazole rings is 1. The van der Waals surface area contributed by atoms with Gasteiger partial charge in [-0.2, -0.15) is 8.42 Å². The standard InChI is InChI=1S/C24H24F2N2O4S2/c1-15(25)11-28(34(30,31)24-27-16(2)14-33-24)22-9-18-4-3-5-19(18)10-23(22)32-13-17-6-7-20(12-29)21(26)8-17/h6-10,12,14-15H,3-5,11,13H2,1-2H3/t15-/m0/s1. The lowest BCUT2D eigenvalue weighted by molar-refractivity contribution is 0.111. The van der Waals surface area contributed by atoms with E-state index in [-0.39, 0.29) is 27.9 Å². The van der Waals surface area contributed by atoms with Gasteiger partial charge in [0.1, 0.15) is 24.3 Å². The fraction of sp³-hybridized carbons (Fsp3) is 0.333. The molecule has 0 fully saturated rings. The molecule has 6 nitrogen and oxygen atoms in total. The summed E-state index contributed by atoms with van der Waals surface area (Å²) in [5, 5.41) is 1.63. The lowest BCUT2D eigenvalue weighted by atomic mass is 10.1. The fourth-order valence-electron chi connectivity index (χ4n) is 3.92. The van der Waals surface area contributed by atoms with E-state index in [1.807, 2.05) is 0 Å². The summed E-state index contributed by atoms with van der Waals surface area (Å²) in [4.78, 5) is 15.0. The first-order valence-electron chi connectivity index (χ1n) is 10.8. The number of halogens is 2. The first kappa shape index (κ1) is 24.3. The Bertz CT molecular complexity index is 1320. The normalized spacial score (nSPS) is 14.0. The molecule has 1 aromatic heterocycles. The first-order valence-corrected chi connectivity index (χ1v) is 13.1. The number of carbonyl (C=O) groups excluding carboxylic acids is 1. The number of aldehydes is 1. The SMILES string of the molecule is Cc1csc(S(=O)(=O)N(C[C@H](C)F)c2cc3c(cc2OCc2ccc(C=O)c(F)c2)CCC3)n1. The van der Waals surface area contributed by atoms with Gasteiger partial charge in [-0.05, 0) is 74.1 Å². The quantitative estimate of drug-likeness (QED) is 0.381. The van der Waals surface area contributed by atoms with Gasteiger partial charge in [0.05, 0.1) is 17.8 Å². The molecule has 3 aromatic rings. The van der Waals surface area contributed by atoms with E-state index in [2.05, 4.69) is 4.98 Å². The van der Waals surface area contributed by atoms with Crippen molar-refractivity contribution in [3.63, 3.8) is 0 Å². The van der Waals surface area contributed by atoms with Crippen LogP contribution in [0.5, 0.6) is 5.75 Å². The number of aromatic nitrogens is 1. The van der Waals surface area contributed by atoms with Crippen LogP contribution in [0.15, 0.2) is 40.1 Å². The third-order valence-corrected chi connectivity index (χ3v) is 8.69. The van der Waals surface area contributed by atoms with Gasteiger partial charge in [-0.25, -0.2) is 13.8 Å². The minimum absolute atomic E-state index is 0.0583. The molecule has 4 rings (SSSR count). The number of anilines is 1. The Labute approximate surface area is 201 Å². The maximum Gasteiger partial charge on any atom is 0.291 e. The van der Waals surface area contributed by atoms with Crippen molar-refractivity contribution in [1.82, 2.24) is 4.98 Å². The maximum atomic E-state index is 14.2. The Kier molecular flexibility index (Phi) is 6.99. The van der Waals surface area contributed by atoms with Crippen LogP contribution in [0.1, 0.15) is 46.1 Å². The van der Waals surface area contributed by atoms with Crippen molar-refractivity contribution < 1.29 is 26.7 Å². The number of hydrogen-bond donors (Lipinski definition) is 0. The predicted octanol–water partition coefficient (Wildman–Crippen LogP) is 5.02. The van der Waals surface area contributed by atoms with Crippen molar-refractivity contribution >= 4 is 33.3 Å². The molecule has 0 saturated heterocycles. The highest BCUT2D eigenvalue weighted by molar-refractivity contribution is 7.94. The molecule has 180 valence electrons. The number of benzene rings is 2. The van der Waals surface area contributed by atoms with Gasteiger partial charge in [-0.3, -0.25) is 9.10 Å². The van der Waals surface area contributed by atoms with E-state index < -0.39 is 28.6 Å². The zero-order valence-electron chi connectivity index (χ0n) is 18.8. The zero-order valence-corrected chi connectivity index (χ0v) is 20.4. The van der Waals surface area contributed by atoms with Crippen molar-refractivity contribution in [2.75, 3.05) is 10.8 Å². The average Bonchev–Trinajstić information content (AvgIpc) is 3.44. The topological polar surface area (TPSA) is 76.6 Å². The van der Waals surface area contributed by atoms with Gasteiger partial charge in [-0.1, -0.05) is 6.07 Å². The summed E-state index contributed by atoms with van der Waals surface area (Å²) in [6.45, 7) is 2.52. The largest absolute Gasteiger partial charge is 0.487 e. The van der Waals surface area contributed by atoms with Gasteiger partial charge in [0.15, 0.2) is 6.29 Å². The van der Waals surface area contributed by atoms with Crippen molar-refractivity contribution in [2.45, 2.75) is 50.2 Å². The fourth-order valence-corrected chi connectivity index (χ4v) is 6.59. The molecule has 2 aromatic carbocycles. The highest BCUT2D eigenvalue weighted by atomic mass is 32.2. The van der Waals surface area contributed by atoms with Crippen molar-refractivity contribution in [3.05, 3.63) is 69.5 Å². The second kappa shape index (κ2) is 9.79. The van der Waals surface area contributed by atoms with Gasteiger partial charge < -0.3 is 4.74 Å². The molecule has 10 heteroatoms. The number of ether oxygens (including phenoxy) is 1.